The third kappa shape index (κ3) is 39.9. The highest BCUT2D eigenvalue weighted by Crippen LogP contribution is 2.16. The van der Waals surface area contributed by atoms with Crippen molar-refractivity contribution in [2.75, 3.05) is 5.75 Å². The maximum atomic E-state index is 12.6. The van der Waals surface area contributed by atoms with E-state index in [-0.39, 0.29) is 5.91 Å². The summed E-state index contributed by atoms with van der Waals surface area (Å²) < 4.78 is 32.6. The number of hydrogen-bond acceptors (Lipinski definition) is 4. The highest BCUT2D eigenvalue weighted by Gasteiger charge is 2.26. The molecule has 6 nitrogen and oxygen atoms in total. The van der Waals surface area contributed by atoms with Crippen LogP contribution in [-0.2, 0) is 14.9 Å². The fraction of sp³-hybridized carbons (Fsp3) is 0.886. The average Bonchev–Trinajstić information content (AvgIpc) is 3.09. The Morgan fingerprint density at radius 1 is 0.529 bits per heavy atom. The van der Waals surface area contributed by atoms with E-state index >= 15 is 0 Å². The summed E-state index contributed by atoms with van der Waals surface area (Å²) in [4.78, 5) is 12.6. The molecule has 0 aromatic rings. The molecular formula is C44H85NO5S. The van der Waals surface area contributed by atoms with Crippen molar-refractivity contribution in [3.05, 3.63) is 24.3 Å². The van der Waals surface area contributed by atoms with Crippen LogP contribution in [0.1, 0.15) is 232 Å². The Labute approximate surface area is 317 Å². The molecule has 0 aliphatic heterocycles. The van der Waals surface area contributed by atoms with Crippen LogP contribution in [0, 0.1) is 0 Å². The molecule has 7 heteroatoms. The molecule has 302 valence electrons. The van der Waals surface area contributed by atoms with E-state index in [0.717, 1.165) is 44.9 Å². The first-order chi connectivity index (χ1) is 24.8. The number of nitrogens with one attached hydrogen (secondary N) is 1. The summed E-state index contributed by atoms with van der Waals surface area (Å²) in [6.45, 7) is 4.51. The van der Waals surface area contributed by atoms with Gasteiger partial charge in [-0.2, -0.15) is 8.42 Å². The van der Waals surface area contributed by atoms with Crippen LogP contribution in [-0.4, -0.2) is 41.9 Å². The number of unbranched alkanes of at least 4 members (excludes halogenated alkanes) is 28. The van der Waals surface area contributed by atoms with E-state index in [0.29, 0.717) is 12.8 Å². The van der Waals surface area contributed by atoms with Crippen LogP contribution in [0.4, 0.5) is 0 Å². The van der Waals surface area contributed by atoms with E-state index in [9.17, 15) is 22.9 Å². The molecule has 2 atom stereocenters. The summed E-state index contributed by atoms with van der Waals surface area (Å²) in [7, 11) is -4.31. The largest absolute Gasteiger partial charge is 0.391 e. The molecule has 0 rings (SSSR count). The van der Waals surface area contributed by atoms with Gasteiger partial charge in [0.05, 0.1) is 17.9 Å². The van der Waals surface area contributed by atoms with Crippen LogP contribution in [0.25, 0.3) is 0 Å². The van der Waals surface area contributed by atoms with Crippen LogP contribution < -0.4 is 5.32 Å². The lowest BCUT2D eigenvalue weighted by molar-refractivity contribution is -0.122. The summed E-state index contributed by atoms with van der Waals surface area (Å²) in [6, 6.07) is -0.971. The number of carbonyl (C=O) groups is 1. The smallest absolute Gasteiger partial charge is 0.266 e. The Hall–Kier alpha value is -1.18. The number of carbonyl (C=O) groups excluding carboxylic acids is 1. The fourth-order valence-electron chi connectivity index (χ4n) is 6.84. The van der Waals surface area contributed by atoms with Crippen LogP contribution in [0.3, 0.4) is 0 Å². The lowest BCUT2D eigenvalue weighted by atomic mass is 10.0. The highest BCUT2D eigenvalue weighted by molar-refractivity contribution is 7.85. The van der Waals surface area contributed by atoms with Gasteiger partial charge in [0.15, 0.2) is 0 Å². The summed E-state index contributed by atoms with van der Waals surface area (Å²) in [6.07, 6.45) is 48.4. The topological polar surface area (TPSA) is 104 Å². The van der Waals surface area contributed by atoms with Gasteiger partial charge in [-0.15, -0.1) is 0 Å². The van der Waals surface area contributed by atoms with Gasteiger partial charge in [0, 0.05) is 6.42 Å². The molecule has 2 unspecified atom stereocenters. The van der Waals surface area contributed by atoms with Crippen LogP contribution in [0.2, 0.25) is 0 Å². The second-order valence-corrected chi connectivity index (χ2v) is 16.8. The zero-order valence-electron chi connectivity index (χ0n) is 33.7. The Morgan fingerprint density at radius 3 is 1.31 bits per heavy atom. The molecule has 0 fully saturated rings. The van der Waals surface area contributed by atoms with Gasteiger partial charge in [-0.1, -0.05) is 205 Å². The van der Waals surface area contributed by atoms with E-state index in [1.54, 1.807) is 0 Å². The molecule has 0 radical (unpaired) electrons. The molecule has 0 bridgehead atoms. The quantitative estimate of drug-likeness (QED) is 0.0330. The van der Waals surface area contributed by atoms with E-state index in [1.807, 2.05) is 0 Å². The molecule has 0 spiro atoms. The highest BCUT2D eigenvalue weighted by atomic mass is 32.2. The first-order valence-electron chi connectivity index (χ1n) is 22.0. The molecule has 3 N–H and O–H groups in total. The molecule has 51 heavy (non-hydrogen) atoms. The van der Waals surface area contributed by atoms with E-state index in [1.165, 1.54) is 161 Å². The number of aliphatic hydroxyl groups excluding tert-OH is 1. The van der Waals surface area contributed by atoms with Crippen molar-refractivity contribution < 1.29 is 22.9 Å². The van der Waals surface area contributed by atoms with Gasteiger partial charge in [0.2, 0.25) is 5.91 Å². The van der Waals surface area contributed by atoms with Gasteiger partial charge in [-0.3, -0.25) is 9.35 Å². The maximum Gasteiger partial charge on any atom is 0.266 e. The second kappa shape index (κ2) is 38.5. The molecule has 0 aromatic heterocycles. The third-order valence-corrected chi connectivity index (χ3v) is 10.9. The van der Waals surface area contributed by atoms with Crippen molar-refractivity contribution in [2.45, 2.75) is 244 Å². The van der Waals surface area contributed by atoms with Crippen molar-refractivity contribution in [1.82, 2.24) is 5.32 Å². The lowest BCUT2D eigenvalue weighted by Crippen LogP contribution is -2.47. The van der Waals surface area contributed by atoms with Gasteiger partial charge in [-0.05, 0) is 44.9 Å². The van der Waals surface area contributed by atoms with E-state index in [4.69, 9.17) is 0 Å². The second-order valence-electron chi connectivity index (χ2n) is 15.3. The van der Waals surface area contributed by atoms with Crippen molar-refractivity contribution in [2.24, 2.45) is 0 Å². The van der Waals surface area contributed by atoms with E-state index in [2.05, 4.69) is 43.5 Å². The molecule has 0 aliphatic carbocycles. The van der Waals surface area contributed by atoms with Crippen LogP contribution >= 0.6 is 0 Å². The number of allylic oxidation sites excluding steroid dienone is 4. The molecule has 0 saturated carbocycles. The summed E-state index contributed by atoms with van der Waals surface area (Å²) in [5.41, 5.74) is 0. The predicted molar refractivity (Wildman–Crippen MR) is 221 cm³/mol. The summed E-state index contributed by atoms with van der Waals surface area (Å²) in [5.74, 6) is -0.895. The van der Waals surface area contributed by atoms with Crippen LogP contribution in [0.5, 0.6) is 0 Å². The monoisotopic (exact) mass is 740 g/mol. The first-order valence-corrected chi connectivity index (χ1v) is 23.6. The number of aliphatic hydroxyl groups is 1. The number of hydrogen-bond donors (Lipinski definition) is 3. The Morgan fingerprint density at radius 2 is 0.882 bits per heavy atom. The molecule has 0 heterocycles. The molecule has 1 amide bonds. The minimum Gasteiger partial charge on any atom is -0.391 e. The number of rotatable bonds is 40. The van der Waals surface area contributed by atoms with Gasteiger partial charge in [-0.25, -0.2) is 0 Å². The average molecular weight is 740 g/mol. The minimum absolute atomic E-state index is 0.248. The summed E-state index contributed by atoms with van der Waals surface area (Å²) >= 11 is 0. The minimum atomic E-state index is -4.31. The lowest BCUT2D eigenvalue weighted by Gasteiger charge is -2.23. The van der Waals surface area contributed by atoms with Crippen molar-refractivity contribution >= 4 is 16.0 Å². The van der Waals surface area contributed by atoms with Crippen LogP contribution in [0.15, 0.2) is 24.3 Å². The Balaban J connectivity index is 3.82. The van der Waals surface area contributed by atoms with Gasteiger partial charge < -0.3 is 10.4 Å². The molecule has 0 aromatic carbocycles. The number of amides is 1. The first kappa shape index (κ1) is 49.8. The standard InChI is InChI=1S/C44H85NO5S/c1-3-5-7-9-11-13-15-17-19-21-22-24-26-28-30-32-34-36-38-40-44(47)45-42(41-51(48,49)50)43(46)39-37-35-33-31-29-27-25-23-20-18-16-14-12-10-8-6-4-2/h11,13,17,19,42-43,46H,3-10,12,14-16,18,20-41H2,1-2H3,(H,45,47)(H,48,49,50)/b13-11-,19-17-. The van der Waals surface area contributed by atoms with E-state index < -0.39 is 28.0 Å². The van der Waals surface area contributed by atoms with Gasteiger partial charge in [0.1, 0.15) is 0 Å². The Bertz CT molecular complexity index is 903. The van der Waals surface area contributed by atoms with Gasteiger partial charge >= 0.3 is 0 Å². The van der Waals surface area contributed by atoms with Crippen molar-refractivity contribution in [3.63, 3.8) is 0 Å². The molecular weight excluding hydrogens is 655 g/mol. The zero-order chi connectivity index (χ0) is 37.5. The normalized spacial score (nSPS) is 13.4. The molecule has 0 aliphatic rings. The zero-order valence-corrected chi connectivity index (χ0v) is 34.6. The Kier molecular flexibility index (Phi) is 37.6. The SMILES string of the molecule is CCCCC/C=C\C/C=C\CCCCCCCCCCCC(=O)NC(CS(=O)(=O)O)C(O)CCCCCCCCCCCCCCCCCCC. The predicted octanol–water partition coefficient (Wildman–Crippen LogP) is 13.1. The third-order valence-electron chi connectivity index (χ3n) is 10.2. The summed E-state index contributed by atoms with van der Waals surface area (Å²) in [5, 5.41) is 13.4. The van der Waals surface area contributed by atoms with Gasteiger partial charge in [0.25, 0.3) is 10.1 Å². The maximum absolute atomic E-state index is 12.6. The fourth-order valence-corrected chi connectivity index (χ4v) is 7.60. The molecule has 0 saturated heterocycles. The van der Waals surface area contributed by atoms with Crippen molar-refractivity contribution in [1.29, 1.82) is 0 Å². The van der Waals surface area contributed by atoms with Crippen molar-refractivity contribution in [3.8, 4) is 0 Å².